The van der Waals surface area contributed by atoms with Crippen LogP contribution in [0.5, 0.6) is 5.75 Å². The maximum atomic E-state index is 12.9. The largest absolute Gasteiger partial charge is 0.491 e. The van der Waals surface area contributed by atoms with Gasteiger partial charge in [0.05, 0.1) is 6.61 Å². The molecule has 1 aliphatic rings. The lowest BCUT2D eigenvalue weighted by Crippen LogP contribution is -2.12. The third-order valence-electron chi connectivity index (χ3n) is 4.14. The predicted octanol–water partition coefficient (Wildman–Crippen LogP) is 4.30. The molecular formula is C21H24O3. The highest BCUT2D eigenvalue weighted by Crippen LogP contribution is 2.25. The first kappa shape index (κ1) is 16.7. The topological polar surface area (TPSA) is 38.8 Å². The van der Waals surface area contributed by atoms with Gasteiger partial charge in [0.1, 0.15) is 18.5 Å². The first-order valence-corrected chi connectivity index (χ1v) is 8.34. The molecule has 1 unspecified atom stereocenters. The van der Waals surface area contributed by atoms with Gasteiger partial charge in [-0.05, 0) is 47.7 Å². The second-order valence-corrected chi connectivity index (χ2v) is 7.46. The van der Waals surface area contributed by atoms with Gasteiger partial charge in [0.2, 0.25) is 0 Å². The van der Waals surface area contributed by atoms with Crippen molar-refractivity contribution in [3.63, 3.8) is 0 Å². The van der Waals surface area contributed by atoms with Crippen LogP contribution in [0.15, 0.2) is 42.5 Å². The Balaban J connectivity index is 1.86. The lowest BCUT2D eigenvalue weighted by Gasteiger charge is -2.19. The highest BCUT2D eigenvalue weighted by molar-refractivity contribution is 6.09. The Hall–Kier alpha value is -2.13. The zero-order chi connectivity index (χ0) is 17.3. The number of carbonyl (C=O) groups excluding carboxylic acids is 1. The molecule has 0 bridgehead atoms. The van der Waals surface area contributed by atoms with E-state index in [1.54, 1.807) is 0 Å². The summed E-state index contributed by atoms with van der Waals surface area (Å²) in [5.74, 6) is 0.748. The van der Waals surface area contributed by atoms with E-state index < -0.39 is 0 Å². The number of aryl methyl sites for hydroxylation is 1. The molecule has 1 fully saturated rings. The zero-order valence-electron chi connectivity index (χ0n) is 14.8. The van der Waals surface area contributed by atoms with Crippen molar-refractivity contribution in [2.24, 2.45) is 0 Å². The molecule has 0 saturated carbocycles. The average molecular weight is 324 g/mol. The van der Waals surface area contributed by atoms with E-state index in [1.165, 1.54) is 0 Å². The molecule has 3 rings (SSSR count). The van der Waals surface area contributed by atoms with Crippen LogP contribution in [0.1, 0.15) is 47.8 Å². The van der Waals surface area contributed by atoms with Gasteiger partial charge >= 0.3 is 0 Å². The van der Waals surface area contributed by atoms with E-state index in [0.717, 1.165) is 23.5 Å². The Bertz CT molecular complexity index is 752. The van der Waals surface area contributed by atoms with Gasteiger partial charge in [-0.2, -0.15) is 0 Å². The van der Waals surface area contributed by atoms with Crippen molar-refractivity contribution >= 4 is 5.78 Å². The summed E-state index contributed by atoms with van der Waals surface area (Å²) in [6.45, 7) is 9.72. The molecule has 0 spiro atoms. The van der Waals surface area contributed by atoms with E-state index in [1.807, 2.05) is 43.3 Å². The summed E-state index contributed by atoms with van der Waals surface area (Å²) in [7, 11) is 0. The minimum atomic E-state index is 0.0153. The third-order valence-corrected chi connectivity index (χ3v) is 4.14. The smallest absolute Gasteiger partial charge is 0.193 e. The summed E-state index contributed by atoms with van der Waals surface area (Å²) < 4.78 is 10.9. The maximum absolute atomic E-state index is 12.9. The van der Waals surface area contributed by atoms with Crippen molar-refractivity contribution in [1.82, 2.24) is 0 Å². The van der Waals surface area contributed by atoms with Gasteiger partial charge in [-0.3, -0.25) is 4.79 Å². The van der Waals surface area contributed by atoms with Crippen molar-refractivity contribution in [2.75, 3.05) is 13.2 Å². The SMILES string of the molecule is Cc1cc(OCC2CO2)cc(C(=O)c2cccc(C(C)(C)C)c2)c1. The number of epoxide rings is 1. The molecule has 126 valence electrons. The van der Waals surface area contributed by atoms with Crippen LogP contribution in [0.25, 0.3) is 0 Å². The molecular weight excluding hydrogens is 300 g/mol. The summed E-state index contributed by atoms with van der Waals surface area (Å²) in [5, 5.41) is 0. The van der Waals surface area contributed by atoms with Gasteiger partial charge in [0, 0.05) is 11.1 Å². The summed E-state index contributed by atoms with van der Waals surface area (Å²) in [6, 6.07) is 13.6. The van der Waals surface area contributed by atoms with Crippen molar-refractivity contribution in [1.29, 1.82) is 0 Å². The van der Waals surface area contributed by atoms with Crippen molar-refractivity contribution < 1.29 is 14.3 Å². The van der Waals surface area contributed by atoms with E-state index >= 15 is 0 Å². The molecule has 1 heterocycles. The van der Waals surface area contributed by atoms with Crippen LogP contribution >= 0.6 is 0 Å². The lowest BCUT2D eigenvalue weighted by molar-refractivity contribution is 0.103. The van der Waals surface area contributed by atoms with E-state index in [4.69, 9.17) is 9.47 Å². The number of carbonyl (C=O) groups is 1. The quantitative estimate of drug-likeness (QED) is 0.608. The highest BCUT2D eigenvalue weighted by Gasteiger charge is 2.23. The second-order valence-electron chi connectivity index (χ2n) is 7.46. The number of hydrogen-bond acceptors (Lipinski definition) is 3. The summed E-state index contributed by atoms with van der Waals surface area (Å²) >= 11 is 0. The van der Waals surface area contributed by atoms with Crippen molar-refractivity contribution in [2.45, 2.75) is 39.2 Å². The van der Waals surface area contributed by atoms with Crippen molar-refractivity contribution in [3.8, 4) is 5.75 Å². The Labute approximate surface area is 143 Å². The molecule has 0 aliphatic carbocycles. The minimum absolute atomic E-state index is 0.0153. The maximum Gasteiger partial charge on any atom is 0.193 e. The Morgan fingerprint density at radius 3 is 2.58 bits per heavy atom. The first-order chi connectivity index (χ1) is 11.3. The molecule has 24 heavy (non-hydrogen) atoms. The Morgan fingerprint density at radius 2 is 1.92 bits per heavy atom. The van der Waals surface area contributed by atoms with E-state index in [2.05, 4.69) is 26.8 Å². The molecule has 1 aliphatic heterocycles. The summed E-state index contributed by atoms with van der Waals surface area (Å²) in [4.78, 5) is 12.9. The second kappa shape index (κ2) is 6.40. The number of ether oxygens (including phenoxy) is 2. The molecule has 0 radical (unpaired) electrons. The number of ketones is 1. The Kier molecular flexibility index (Phi) is 4.46. The fourth-order valence-electron chi connectivity index (χ4n) is 2.61. The number of rotatable bonds is 5. The van der Waals surface area contributed by atoms with Crippen LogP contribution in [0, 0.1) is 6.92 Å². The predicted molar refractivity (Wildman–Crippen MR) is 95.0 cm³/mol. The van der Waals surface area contributed by atoms with Crippen LogP contribution < -0.4 is 4.74 Å². The van der Waals surface area contributed by atoms with Gasteiger partial charge in [0.25, 0.3) is 0 Å². The van der Waals surface area contributed by atoms with Gasteiger partial charge < -0.3 is 9.47 Å². The normalized spacial score (nSPS) is 16.8. The van der Waals surface area contributed by atoms with Gasteiger partial charge in [-0.25, -0.2) is 0 Å². The summed E-state index contributed by atoms with van der Waals surface area (Å²) in [5.41, 5.74) is 3.56. The molecule has 0 N–H and O–H groups in total. The van der Waals surface area contributed by atoms with Crippen molar-refractivity contribution in [3.05, 3.63) is 64.7 Å². The van der Waals surface area contributed by atoms with Gasteiger partial charge in [0.15, 0.2) is 5.78 Å². The minimum Gasteiger partial charge on any atom is -0.491 e. The number of hydrogen-bond donors (Lipinski definition) is 0. The van der Waals surface area contributed by atoms with Crippen LogP contribution in [-0.4, -0.2) is 25.1 Å². The average Bonchev–Trinajstić information content (AvgIpc) is 3.35. The highest BCUT2D eigenvalue weighted by atomic mass is 16.6. The molecule has 0 amide bonds. The molecule has 0 aromatic heterocycles. The molecule has 1 saturated heterocycles. The van der Waals surface area contributed by atoms with Crippen LogP contribution in [0.3, 0.4) is 0 Å². The Morgan fingerprint density at radius 1 is 1.17 bits per heavy atom. The number of benzene rings is 2. The van der Waals surface area contributed by atoms with Gasteiger partial charge in [-0.15, -0.1) is 0 Å². The fourth-order valence-corrected chi connectivity index (χ4v) is 2.61. The van der Waals surface area contributed by atoms with E-state index in [0.29, 0.717) is 17.7 Å². The zero-order valence-corrected chi connectivity index (χ0v) is 14.8. The van der Waals surface area contributed by atoms with Gasteiger partial charge in [-0.1, -0.05) is 39.0 Å². The van der Waals surface area contributed by atoms with Crippen LogP contribution in [0.4, 0.5) is 0 Å². The molecule has 1 atom stereocenters. The van der Waals surface area contributed by atoms with Crippen LogP contribution in [0.2, 0.25) is 0 Å². The molecule has 2 aromatic carbocycles. The molecule has 3 heteroatoms. The summed E-state index contributed by atoms with van der Waals surface area (Å²) in [6.07, 6.45) is 0.202. The monoisotopic (exact) mass is 324 g/mol. The third kappa shape index (κ3) is 4.04. The van der Waals surface area contributed by atoms with E-state index in [-0.39, 0.29) is 17.3 Å². The standard InChI is InChI=1S/C21H24O3/c1-14-8-16(11-18(9-14)23-12-19-13-24-19)20(22)15-6-5-7-17(10-15)21(2,3)4/h5-11,19H,12-13H2,1-4H3. The molecule has 3 nitrogen and oxygen atoms in total. The van der Waals surface area contributed by atoms with E-state index in [9.17, 15) is 4.79 Å². The lowest BCUT2D eigenvalue weighted by atomic mass is 9.85. The first-order valence-electron chi connectivity index (χ1n) is 8.34. The molecule has 2 aromatic rings. The van der Waals surface area contributed by atoms with Crippen LogP contribution in [-0.2, 0) is 10.2 Å². The fraction of sp³-hybridized carbons (Fsp3) is 0.381.